The lowest BCUT2D eigenvalue weighted by molar-refractivity contribution is -0.145. The topological polar surface area (TPSA) is 105 Å². The van der Waals surface area contributed by atoms with Crippen LogP contribution in [0.1, 0.15) is 26.2 Å². The summed E-state index contributed by atoms with van der Waals surface area (Å²) in [5.74, 6) is -1.46. The van der Waals surface area contributed by atoms with Crippen molar-refractivity contribution < 1.29 is 22.7 Å². The van der Waals surface area contributed by atoms with Crippen LogP contribution < -0.4 is 9.73 Å². The molecule has 170 valence electrons. The van der Waals surface area contributed by atoms with Crippen LogP contribution in [0.15, 0.2) is 69.1 Å². The maximum atomic E-state index is 13.3. The molecule has 0 radical (unpaired) electrons. The van der Waals surface area contributed by atoms with Crippen LogP contribution >= 0.6 is 15.9 Å². The largest absolute Gasteiger partial charge is 0.465 e. The fourth-order valence-electron chi connectivity index (χ4n) is 3.40. The third-order valence-electron chi connectivity index (χ3n) is 4.96. The summed E-state index contributed by atoms with van der Waals surface area (Å²) in [6, 6.07) is 14.5. The zero-order valence-corrected chi connectivity index (χ0v) is 19.9. The molecule has 0 aromatic heterocycles. The number of anilines is 1. The Kier molecular flexibility index (Phi) is 8.03. The number of hydrazone groups is 1. The smallest absolute Gasteiger partial charge is 0.314 e. The van der Waals surface area contributed by atoms with Gasteiger partial charge in [0.1, 0.15) is 6.54 Å². The maximum Gasteiger partial charge on any atom is 0.314 e. The summed E-state index contributed by atoms with van der Waals surface area (Å²) in [6.45, 7) is 1.53. The van der Waals surface area contributed by atoms with E-state index in [1.807, 2.05) is 0 Å². The highest BCUT2D eigenvalue weighted by Crippen LogP contribution is 2.26. The van der Waals surface area contributed by atoms with Gasteiger partial charge in [-0.3, -0.25) is 13.9 Å². The van der Waals surface area contributed by atoms with Crippen molar-refractivity contribution in [2.45, 2.75) is 31.1 Å². The molecule has 10 heteroatoms. The second-order valence-electron chi connectivity index (χ2n) is 7.14. The average molecular weight is 522 g/mol. The normalized spacial score (nSPS) is 17.2. The number of esters is 1. The molecule has 0 spiro atoms. The molecule has 1 fully saturated rings. The Morgan fingerprint density at radius 1 is 1.16 bits per heavy atom. The van der Waals surface area contributed by atoms with E-state index >= 15 is 0 Å². The van der Waals surface area contributed by atoms with E-state index < -0.39 is 28.4 Å². The Bertz CT molecular complexity index is 1090. The van der Waals surface area contributed by atoms with Gasteiger partial charge in [-0.15, -0.1) is 0 Å². The molecule has 3 rings (SSSR count). The first-order chi connectivity index (χ1) is 15.3. The molecule has 2 aromatic carbocycles. The molecule has 8 nitrogen and oxygen atoms in total. The van der Waals surface area contributed by atoms with Crippen LogP contribution in [0.3, 0.4) is 0 Å². The van der Waals surface area contributed by atoms with Gasteiger partial charge in [0.2, 0.25) is 0 Å². The highest BCUT2D eigenvalue weighted by atomic mass is 79.9. The van der Waals surface area contributed by atoms with Gasteiger partial charge in [-0.1, -0.05) is 34.1 Å². The highest BCUT2D eigenvalue weighted by Gasteiger charge is 2.31. The molecule has 1 saturated carbocycles. The van der Waals surface area contributed by atoms with E-state index in [1.54, 1.807) is 49.4 Å². The first-order valence-corrected chi connectivity index (χ1v) is 12.4. The molecular formula is C22H24BrN3O5S. The lowest BCUT2D eigenvalue weighted by atomic mass is 10.1. The van der Waals surface area contributed by atoms with Gasteiger partial charge in [-0.2, -0.15) is 5.10 Å². The lowest BCUT2D eigenvalue weighted by Gasteiger charge is -2.23. The number of ether oxygens (including phenoxy) is 1. The quantitative estimate of drug-likeness (QED) is 0.422. The summed E-state index contributed by atoms with van der Waals surface area (Å²) in [6.07, 6.45) is 1.95. The summed E-state index contributed by atoms with van der Waals surface area (Å²) < 4.78 is 33.4. The first kappa shape index (κ1) is 23.9. The van der Waals surface area contributed by atoms with Crippen molar-refractivity contribution in [1.29, 1.82) is 0 Å². The summed E-state index contributed by atoms with van der Waals surface area (Å²) in [5.41, 5.74) is 3.29. The molecule has 1 aliphatic rings. The zero-order valence-electron chi connectivity index (χ0n) is 17.5. The van der Waals surface area contributed by atoms with Crippen molar-refractivity contribution in [1.82, 2.24) is 5.43 Å². The van der Waals surface area contributed by atoms with Gasteiger partial charge in [0.15, 0.2) is 0 Å². The Hall–Kier alpha value is -2.72. The van der Waals surface area contributed by atoms with Crippen molar-refractivity contribution >= 4 is 49.2 Å². The van der Waals surface area contributed by atoms with Crippen molar-refractivity contribution in [2.24, 2.45) is 11.0 Å². The SMILES string of the molecule is CCOC(=O)[C@@H]1CCC/C1=N/NC(=O)CN(c1ccc(Br)cc1)S(=O)(=O)c1ccccc1. The van der Waals surface area contributed by atoms with E-state index in [-0.39, 0.29) is 17.5 Å². The molecule has 2 aromatic rings. The Balaban J connectivity index is 1.81. The first-order valence-electron chi connectivity index (χ1n) is 10.2. The van der Waals surface area contributed by atoms with Gasteiger partial charge >= 0.3 is 5.97 Å². The van der Waals surface area contributed by atoms with E-state index in [1.165, 1.54) is 12.1 Å². The van der Waals surface area contributed by atoms with Gasteiger partial charge in [0.05, 0.1) is 28.8 Å². The van der Waals surface area contributed by atoms with Crippen LogP contribution in [0.2, 0.25) is 0 Å². The van der Waals surface area contributed by atoms with Crippen LogP contribution in [-0.4, -0.2) is 39.2 Å². The average Bonchev–Trinajstić information content (AvgIpc) is 3.26. The predicted octanol–water partition coefficient (Wildman–Crippen LogP) is 3.48. The number of nitrogens with zero attached hydrogens (tertiary/aromatic N) is 2. The zero-order chi connectivity index (χ0) is 23.1. The minimum Gasteiger partial charge on any atom is -0.465 e. The van der Waals surface area contributed by atoms with Gasteiger partial charge in [-0.05, 0) is 62.6 Å². The monoisotopic (exact) mass is 521 g/mol. The van der Waals surface area contributed by atoms with Gasteiger partial charge in [0.25, 0.3) is 15.9 Å². The Morgan fingerprint density at radius 2 is 1.84 bits per heavy atom. The molecular weight excluding hydrogens is 498 g/mol. The van der Waals surface area contributed by atoms with Crippen LogP contribution in [0.4, 0.5) is 5.69 Å². The van der Waals surface area contributed by atoms with Gasteiger partial charge in [0, 0.05) is 4.47 Å². The minimum absolute atomic E-state index is 0.0696. The number of sulfonamides is 1. The summed E-state index contributed by atoms with van der Waals surface area (Å²) in [4.78, 5) is 24.8. The van der Waals surface area contributed by atoms with Crippen molar-refractivity contribution in [3.8, 4) is 0 Å². The number of carbonyl (C=O) groups excluding carboxylic acids is 2. The number of benzene rings is 2. The molecule has 0 saturated heterocycles. The number of rotatable bonds is 8. The third kappa shape index (κ3) is 5.74. The van der Waals surface area contributed by atoms with Gasteiger partial charge < -0.3 is 4.74 Å². The molecule has 0 unspecified atom stereocenters. The van der Waals surface area contributed by atoms with E-state index in [0.29, 0.717) is 24.2 Å². The molecule has 1 amide bonds. The Morgan fingerprint density at radius 3 is 2.50 bits per heavy atom. The molecule has 0 heterocycles. The molecule has 1 N–H and O–H groups in total. The van der Waals surface area contributed by atoms with Crippen molar-refractivity contribution in [3.63, 3.8) is 0 Å². The Labute approximate surface area is 195 Å². The highest BCUT2D eigenvalue weighted by molar-refractivity contribution is 9.10. The number of hydrogen-bond acceptors (Lipinski definition) is 6. The molecule has 0 bridgehead atoms. The molecule has 32 heavy (non-hydrogen) atoms. The van der Waals surface area contributed by atoms with E-state index in [9.17, 15) is 18.0 Å². The molecule has 1 atom stereocenters. The summed E-state index contributed by atoms with van der Waals surface area (Å²) in [5, 5.41) is 4.11. The molecule has 1 aliphatic carbocycles. The van der Waals surface area contributed by atoms with Crippen LogP contribution in [0.5, 0.6) is 0 Å². The second kappa shape index (κ2) is 10.7. The van der Waals surface area contributed by atoms with Gasteiger partial charge in [-0.25, -0.2) is 13.8 Å². The van der Waals surface area contributed by atoms with E-state index in [4.69, 9.17) is 4.74 Å². The minimum atomic E-state index is -4.00. The number of halogens is 1. The van der Waals surface area contributed by atoms with E-state index in [0.717, 1.165) is 15.2 Å². The van der Waals surface area contributed by atoms with Crippen LogP contribution in [0, 0.1) is 5.92 Å². The van der Waals surface area contributed by atoms with E-state index in [2.05, 4.69) is 26.5 Å². The molecule has 0 aliphatic heterocycles. The maximum absolute atomic E-state index is 13.3. The summed E-state index contributed by atoms with van der Waals surface area (Å²) >= 11 is 3.33. The second-order valence-corrected chi connectivity index (χ2v) is 9.91. The third-order valence-corrected chi connectivity index (χ3v) is 7.27. The van der Waals surface area contributed by atoms with Crippen molar-refractivity contribution in [2.75, 3.05) is 17.5 Å². The number of amides is 1. The number of hydrogen-bond donors (Lipinski definition) is 1. The predicted molar refractivity (Wildman–Crippen MR) is 125 cm³/mol. The van der Waals surface area contributed by atoms with Crippen LogP contribution in [-0.2, 0) is 24.3 Å². The van der Waals surface area contributed by atoms with Crippen LogP contribution in [0.25, 0.3) is 0 Å². The summed E-state index contributed by atoms with van der Waals surface area (Å²) in [7, 11) is -4.00. The van der Waals surface area contributed by atoms with Crippen molar-refractivity contribution in [3.05, 3.63) is 59.1 Å². The lowest BCUT2D eigenvalue weighted by Crippen LogP contribution is -2.40. The standard InChI is InChI=1S/C22H24BrN3O5S/c1-2-31-22(28)19-9-6-10-20(19)24-25-21(27)15-26(17-13-11-16(23)12-14-17)32(29,30)18-7-4-3-5-8-18/h3-5,7-8,11-14,19H,2,6,9-10,15H2,1H3,(H,25,27)/b24-20-/t19-/m1/s1. The fraction of sp³-hybridized carbons (Fsp3) is 0.318. The number of nitrogens with one attached hydrogen (secondary N) is 1. The fourth-order valence-corrected chi connectivity index (χ4v) is 5.11. The number of carbonyl (C=O) groups is 2.